The Morgan fingerprint density at radius 1 is 1.14 bits per heavy atom. The molecule has 1 saturated heterocycles. The maximum atomic E-state index is 13.4. The Hall–Kier alpha value is -3.11. The number of nitrogens with two attached hydrogens (primary N) is 2. The van der Waals surface area contributed by atoms with Crippen LogP contribution in [0.3, 0.4) is 0 Å². The van der Waals surface area contributed by atoms with E-state index in [0.29, 0.717) is 50.6 Å². The minimum Gasteiger partial charge on any atom is -0.457 e. The lowest BCUT2D eigenvalue weighted by Gasteiger charge is -2.34. The minimum atomic E-state index is -3.96. The van der Waals surface area contributed by atoms with Crippen molar-refractivity contribution in [3.63, 3.8) is 0 Å². The van der Waals surface area contributed by atoms with Crippen LogP contribution in [-0.4, -0.2) is 50.9 Å². The smallest absolute Gasteiger partial charge is 0.241 e. The van der Waals surface area contributed by atoms with E-state index in [1.54, 1.807) is 17.0 Å². The van der Waals surface area contributed by atoms with Crippen LogP contribution in [0.2, 0.25) is 0 Å². The molecule has 2 aromatic carbocycles. The lowest BCUT2D eigenvalue weighted by atomic mass is 9.94. The second kappa shape index (κ2) is 11.3. The Kier molecular flexibility index (Phi) is 8.15. The van der Waals surface area contributed by atoms with Crippen molar-refractivity contribution >= 4 is 21.9 Å². The second-order valence-corrected chi connectivity index (χ2v) is 11.2. The van der Waals surface area contributed by atoms with Crippen LogP contribution in [0.25, 0.3) is 0 Å². The van der Waals surface area contributed by atoms with E-state index in [0.717, 1.165) is 36.1 Å². The first kappa shape index (κ1) is 26.0. The number of guanidine groups is 1. The van der Waals surface area contributed by atoms with Crippen molar-refractivity contribution in [2.75, 3.05) is 19.6 Å². The zero-order chi connectivity index (χ0) is 25.7. The fourth-order valence-electron chi connectivity index (χ4n) is 4.81. The van der Waals surface area contributed by atoms with E-state index in [1.807, 2.05) is 24.3 Å². The number of nitrogens with one attached hydrogen (secondary N) is 1. The molecule has 1 fully saturated rings. The van der Waals surface area contributed by atoms with Gasteiger partial charge in [0.25, 0.3) is 0 Å². The molecule has 4 rings (SSSR count). The number of carbonyl (C=O) groups is 1. The van der Waals surface area contributed by atoms with Crippen LogP contribution in [0.1, 0.15) is 50.2 Å². The molecule has 0 radical (unpaired) electrons. The molecule has 1 atom stereocenters. The highest BCUT2D eigenvalue weighted by Gasteiger charge is 2.31. The summed E-state index contributed by atoms with van der Waals surface area (Å²) in [6.45, 7) is 3.75. The number of piperidine rings is 1. The van der Waals surface area contributed by atoms with Crippen LogP contribution in [0.5, 0.6) is 11.5 Å². The Morgan fingerprint density at radius 3 is 2.58 bits per heavy atom. The van der Waals surface area contributed by atoms with E-state index >= 15 is 0 Å². The third-order valence-electron chi connectivity index (χ3n) is 6.96. The fraction of sp³-hybridized carbons (Fsp3) is 0.462. The highest BCUT2D eigenvalue weighted by atomic mass is 32.2. The molecule has 1 unspecified atom stereocenters. The maximum Gasteiger partial charge on any atom is 0.241 e. The van der Waals surface area contributed by atoms with Crippen molar-refractivity contribution in [2.45, 2.75) is 56.4 Å². The van der Waals surface area contributed by atoms with E-state index in [2.05, 4.69) is 16.6 Å². The number of carbonyl (C=O) groups excluding carboxylic acids is 1. The molecule has 0 saturated carbocycles. The first-order valence-corrected chi connectivity index (χ1v) is 14.0. The lowest BCUT2D eigenvalue weighted by molar-refractivity contribution is -0.134. The van der Waals surface area contributed by atoms with Gasteiger partial charge >= 0.3 is 0 Å². The van der Waals surface area contributed by atoms with Gasteiger partial charge in [-0.15, -0.1) is 0 Å². The van der Waals surface area contributed by atoms with E-state index in [1.165, 1.54) is 6.07 Å². The van der Waals surface area contributed by atoms with Gasteiger partial charge in [-0.05, 0) is 61.4 Å². The number of sulfonamides is 1. The normalized spacial score (nSPS) is 16.4. The molecule has 0 spiro atoms. The first-order chi connectivity index (χ1) is 17.3. The summed E-state index contributed by atoms with van der Waals surface area (Å²) in [6, 6.07) is 11.6. The summed E-state index contributed by atoms with van der Waals surface area (Å²) < 4.78 is 35.4. The van der Waals surface area contributed by atoms with Crippen LogP contribution in [-0.2, 0) is 21.2 Å². The molecule has 9 nitrogen and oxygen atoms in total. The Labute approximate surface area is 213 Å². The fourth-order valence-corrected chi connectivity index (χ4v) is 6.08. The molecular weight excluding hydrogens is 478 g/mol. The molecule has 1 amide bonds. The van der Waals surface area contributed by atoms with Crippen LogP contribution in [0.15, 0.2) is 52.4 Å². The summed E-state index contributed by atoms with van der Waals surface area (Å²) in [4.78, 5) is 19.2. The molecule has 2 aliphatic rings. The number of likely N-dealkylation sites (tertiary alicyclic amines) is 1. The standard InChI is InChI=1S/C26H35N5O4S/c1-2-18-11-14-31(15-12-18)25(32)22(7-5-13-29-26(27)28)30-36(33,34)21-9-10-24-20(17-21)16-19-6-3-4-8-23(19)35-24/h3-4,6,8-10,17-18,22,30H,2,5,7,11-16H2,1H3,(H4,27,28,29). The second-order valence-electron chi connectivity index (χ2n) is 9.46. The number of ether oxygens (including phenoxy) is 1. The highest BCUT2D eigenvalue weighted by Crippen LogP contribution is 2.37. The maximum absolute atomic E-state index is 13.4. The number of amides is 1. The summed E-state index contributed by atoms with van der Waals surface area (Å²) in [7, 11) is -3.96. The SMILES string of the molecule is CCC1CCN(C(=O)C(CCCN=C(N)N)NS(=O)(=O)c2ccc3c(c2)Cc2ccccc2O3)CC1. The minimum absolute atomic E-state index is 0.0297. The van der Waals surface area contributed by atoms with Gasteiger partial charge in [0, 0.05) is 31.6 Å². The molecule has 10 heteroatoms. The van der Waals surface area contributed by atoms with Gasteiger partial charge in [-0.25, -0.2) is 8.42 Å². The van der Waals surface area contributed by atoms with E-state index in [4.69, 9.17) is 16.2 Å². The van der Waals surface area contributed by atoms with E-state index < -0.39 is 16.1 Å². The van der Waals surface area contributed by atoms with Crippen molar-refractivity contribution in [1.82, 2.24) is 9.62 Å². The van der Waals surface area contributed by atoms with Crippen molar-refractivity contribution in [3.05, 3.63) is 53.6 Å². The van der Waals surface area contributed by atoms with Gasteiger partial charge in [0.05, 0.1) is 4.90 Å². The molecular formula is C26H35N5O4S. The third kappa shape index (κ3) is 6.17. The molecule has 5 N–H and O–H groups in total. The van der Waals surface area contributed by atoms with Gasteiger partial charge in [-0.3, -0.25) is 9.79 Å². The van der Waals surface area contributed by atoms with Crippen molar-refractivity contribution in [1.29, 1.82) is 0 Å². The summed E-state index contributed by atoms with van der Waals surface area (Å²) in [5.74, 6) is 1.79. The number of aliphatic imine (C=N–C) groups is 1. The topological polar surface area (TPSA) is 140 Å². The average Bonchev–Trinajstić information content (AvgIpc) is 2.88. The molecule has 36 heavy (non-hydrogen) atoms. The van der Waals surface area contributed by atoms with Crippen LogP contribution in [0.4, 0.5) is 0 Å². The summed E-state index contributed by atoms with van der Waals surface area (Å²) in [5, 5.41) is 0. The van der Waals surface area contributed by atoms with E-state index in [-0.39, 0.29) is 16.8 Å². The zero-order valence-electron chi connectivity index (χ0n) is 20.7. The van der Waals surface area contributed by atoms with Gasteiger partial charge in [0.15, 0.2) is 5.96 Å². The van der Waals surface area contributed by atoms with Crippen molar-refractivity contribution in [3.8, 4) is 11.5 Å². The third-order valence-corrected chi connectivity index (χ3v) is 8.43. The molecule has 2 heterocycles. The van der Waals surface area contributed by atoms with E-state index in [9.17, 15) is 13.2 Å². The number of benzene rings is 2. The number of nitrogens with zero attached hydrogens (tertiary/aromatic N) is 2. The van der Waals surface area contributed by atoms with Gasteiger partial charge in [-0.2, -0.15) is 4.72 Å². The average molecular weight is 514 g/mol. The number of para-hydroxylation sites is 1. The monoisotopic (exact) mass is 513 g/mol. The largest absolute Gasteiger partial charge is 0.457 e. The van der Waals surface area contributed by atoms with Crippen molar-refractivity contribution < 1.29 is 17.9 Å². The van der Waals surface area contributed by atoms with Crippen LogP contribution < -0.4 is 20.9 Å². The molecule has 0 aliphatic carbocycles. The zero-order valence-corrected chi connectivity index (χ0v) is 21.5. The van der Waals surface area contributed by atoms with Crippen LogP contribution >= 0.6 is 0 Å². The van der Waals surface area contributed by atoms with Gasteiger partial charge in [0.1, 0.15) is 17.5 Å². The first-order valence-electron chi connectivity index (χ1n) is 12.5. The quantitative estimate of drug-likeness (QED) is 0.228. The molecule has 2 aliphatic heterocycles. The van der Waals surface area contributed by atoms with Gasteiger partial charge < -0.3 is 21.1 Å². The molecule has 2 aromatic rings. The molecule has 194 valence electrons. The van der Waals surface area contributed by atoms with Gasteiger partial charge in [0.2, 0.25) is 15.9 Å². The summed E-state index contributed by atoms with van der Waals surface area (Å²) in [6.07, 6.45) is 4.29. The number of hydrogen-bond acceptors (Lipinski definition) is 5. The summed E-state index contributed by atoms with van der Waals surface area (Å²) in [5.41, 5.74) is 12.6. The lowest BCUT2D eigenvalue weighted by Crippen LogP contribution is -2.50. The number of fused-ring (bicyclic) bond motifs is 2. The summed E-state index contributed by atoms with van der Waals surface area (Å²) >= 11 is 0. The Morgan fingerprint density at radius 2 is 1.86 bits per heavy atom. The van der Waals surface area contributed by atoms with Crippen LogP contribution in [0, 0.1) is 5.92 Å². The molecule has 0 bridgehead atoms. The number of hydrogen-bond donors (Lipinski definition) is 3. The predicted molar refractivity (Wildman–Crippen MR) is 139 cm³/mol. The predicted octanol–water partition coefficient (Wildman–Crippen LogP) is 2.73. The Bertz CT molecular complexity index is 1220. The highest BCUT2D eigenvalue weighted by molar-refractivity contribution is 7.89. The number of rotatable bonds is 9. The Balaban J connectivity index is 1.51. The molecule has 0 aromatic heterocycles. The van der Waals surface area contributed by atoms with Crippen molar-refractivity contribution in [2.24, 2.45) is 22.4 Å². The van der Waals surface area contributed by atoms with Gasteiger partial charge in [-0.1, -0.05) is 31.5 Å².